The molecule has 2 aliphatic rings. The van der Waals surface area contributed by atoms with Crippen LogP contribution in [-0.4, -0.2) is 60.5 Å². The first-order valence-corrected chi connectivity index (χ1v) is 15.3. The summed E-state index contributed by atoms with van der Waals surface area (Å²) in [7, 11) is 1.60. The van der Waals surface area contributed by atoms with Crippen LogP contribution in [0.15, 0.2) is 66.7 Å². The molecule has 43 heavy (non-hydrogen) atoms. The molecule has 2 saturated heterocycles. The van der Waals surface area contributed by atoms with Crippen LogP contribution >= 0.6 is 23.2 Å². The Hall–Kier alpha value is -3.30. The maximum Gasteiger partial charge on any atom is 0.262 e. The Labute approximate surface area is 263 Å². The Morgan fingerprint density at radius 1 is 0.907 bits per heavy atom. The summed E-state index contributed by atoms with van der Waals surface area (Å²) in [5.74, 6) is 0.994. The first-order valence-electron chi connectivity index (χ1n) is 14.5. The van der Waals surface area contributed by atoms with Crippen LogP contribution in [0.25, 0.3) is 0 Å². The van der Waals surface area contributed by atoms with Gasteiger partial charge in [0.2, 0.25) is 5.91 Å². The number of hydrogen-bond donors (Lipinski definition) is 2. The highest BCUT2D eigenvalue weighted by Gasteiger charge is 2.55. The lowest BCUT2D eigenvalue weighted by atomic mass is 9.95. The van der Waals surface area contributed by atoms with E-state index in [1.54, 1.807) is 18.9 Å². The zero-order chi connectivity index (χ0) is 30.9. The summed E-state index contributed by atoms with van der Waals surface area (Å²) in [6.07, 6.45) is -0.155. The summed E-state index contributed by atoms with van der Waals surface area (Å²) in [5, 5.41) is 8.72. The molecule has 2 N–H and O–H groups in total. The van der Waals surface area contributed by atoms with E-state index >= 15 is 0 Å². The lowest BCUT2D eigenvalue weighted by Gasteiger charge is -2.43. The van der Waals surface area contributed by atoms with Gasteiger partial charge in [0.15, 0.2) is 5.66 Å². The molecule has 0 aliphatic carbocycles. The quantitative estimate of drug-likeness (QED) is 0.351. The highest BCUT2D eigenvalue weighted by molar-refractivity contribution is 6.30. The van der Waals surface area contributed by atoms with E-state index in [1.165, 1.54) is 0 Å². The van der Waals surface area contributed by atoms with Crippen molar-refractivity contribution in [1.82, 2.24) is 20.4 Å². The summed E-state index contributed by atoms with van der Waals surface area (Å²) in [6, 6.07) is 20.0. The van der Waals surface area contributed by atoms with E-state index < -0.39 is 5.66 Å². The molecule has 2 fully saturated rings. The maximum atomic E-state index is 15.0. The fraction of sp³-hybridized carbons (Fsp3) is 0.394. The fourth-order valence-electron chi connectivity index (χ4n) is 6.10. The van der Waals surface area contributed by atoms with Gasteiger partial charge in [0.05, 0.1) is 25.3 Å². The van der Waals surface area contributed by atoms with Crippen molar-refractivity contribution in [1.29, 1.82) is 0 Å². The summed E-state index contributed by atoms with van der Waals surface area (Å²) >= 11 is 12.5. The van der Waals surface area contributed by atoms with Gasteiger partial charge in [-0.05, 0) is 68.3 Å². The molecule has 3 atom stereocenters. The van der Waals surface area contributed by atoms with Crippen molar-refractivity contribution in [2.45, 2.75) is 57.6 Å². The SMILES string of the molecule is COc1ccc(C2(C(=O)N3CCN(C(C)=O)C(C)C3)NC(c3ccc(Cl)cc3)C(c3ccc(Cl)cc3)N2)c(OC(C)C)c1. The molecular weight excluding hydrogens is 587 g/mol. The Morgan fingerprint density at radius 2 is 1.47 bits per heavy atom. The smallest absolute Gasteiger partial charge is 0.262 e. The van der Waals surface area contributed by atoms with Gasteiger partial charge in [-0.1, -0.05) is 47.5 Å². The van der Waals surface area contributed by atoms with E-state index in [4.69, 9.17) is 32.7 Å². The Bertz CT molecular complexity index is 1410. The molecule has 0 bridgehead atoms. The number of carbonyl (C=O) groups is 2. The van der Waals surface area contributed by atoms with Crippen molar-refractivity contribution in [3.63, 3.8) is 0 Å². The number of nitrogens with zero attached hydrogens (tertiary/aromatic N) is 2. The van der Waals surface area contributed by atoms with Crippen molar-refractivity contribution in [3.05, 3.63) is 93.5 Å². The van der Waals surface area contributed by atoms with Crippen LogP contribution in [-0.2, 0) is 15.3 Å². The standard InChI is InChI=1S/C33H38Cl2N4O4/c1-20(2)43-29-18-27(42-5)14-15-28(29)33(32(41)38-16-17-39(22(4)40)21(3)19-38)36-30(23-6-10-25(34)11-7-23)31(37-33)24-8-12-26(35)13-9-24/h6-15,18,20-21,30-31,36-37H,16-17,19H2,1-5H3. The number of amides is 2. The number of methoxy groups -OCH3 is 1. The van der Waals surface area contributed by atoms with Crippen molar-refractivity contribution < 1.29 is 19.1 Å². The number of hydrogen-bond acceptors (Lipinski definition) is 6. The van der Waals surface area contributed by atoms with Crippen LogP contribution in [0, 0.1) is 0 Å². The van der Waals surface area contributed by atoms with Gasteiger partial charge in [-0.25, -0.2) is 0 Å². The minimum absolute atomic E-state index is 0.000178. The molecule has 0 spiro atoms. The van der Waals surface area contributed by atoms with Crippen LogP contribution in [0.5, 0.6) is 11.5 Å². The minimum Gasteiger partial charge on any atom is -0.497 e. The summed E-state index contributed by atoms with van der Waals surface area (Å²) in [4.78, 5) is 30.8. The van der Waals surface area contributed by atoms with Crippen LogP contribution in [0.4, 0.5) is 0 Å². The lowest BCUT2D eigenvalue weighted by molar-refractivity contribution is -0.146. The molecule has 10 heteroatoms. The molecule has 0 saturated carbocycles. The first kappa shape index (κ1) is 31.1. The Kier molecular flexibility index (Phi) is 9.23. The van der Waals surface area contributed by atoms with Crippen molar-refractivity contribution >= 4 is 35.0 Å². The lowest BCUT2D eigenvalue weighted by Crippen LogP contribution is -2.64. The van der Waals surface area contributed by atoms with Gasteiger partial charge in [0.1, 0.15) is 11.5 Å². The van der Waals surface area contributed by atoms with Gasteiger partial charge in [0.25, 0.3) is 5.91 Å². The van der Waals surface area contributed by atoms with E-state index in [-0.39, 0.29) is 36.0 Å². The van der Waals surface area contributed by atoms with E-state index in [9.17, 15) is 9.59 Å². The van der Waals surface area contributed by atoms with Crippen molar-refractivity contribution in [3.8, 4) is 11.5 Å². The molecule has 8 nitrogen and oxygen atoms in total. The highest BCUT2D eigenvalue weighted by Crippen LogP contribution is 2.45. The number of piperazine rings is 1. The molecule has 2 aliphatic heterocycles. The molecule has 3 unspecified atom stereocenters. The number of halogens is 2. The average Bonchev–Trinajstić information content (AvgIpc) is 3.38. The van der Waals surface area contributed by atoms with Crippen LogP contribution in [0.1, 0.15) is 56.5 Å². The van der Waals surface area contributed by atoms with Crippen molar-refractivity contribution in [2.24, 2.45) is 0 Å². The second kappa shape index (κ2) is 12.7. The number of nitrogens with one attached hydrogen (secondary N) is 2. The van der Waals surface area contributed by atoms with E-state index in [2.05, 4.69) is 10.6 Å². The van der Waals surface area contributed by atoms with Crippen LogP contribution in [0.2, 0.25) is 10.0 Å². The van der Waals surface area contributed by atoms with Gasteiger partial charge in [-0.2, -0.15) is 0 Å². The molecule has 0 aromatic heterocycles. The number of ether oxygens (including phenoxy) is 2. The largest absolute Gasteiger partial charge is 0.497 e. The normalized spacial score (nSPS) is 23.9. The molecular formula is C33H38Cl2N4O4. The zero-order valence-corrected chi connectivity index (χ0v) is 26.6. The summed E-state index contributed by atoms with van der Waals surface area (Å²) in [5.41, 5.74) is 1.18. The third-order valence-corrected chi connectivity index (χ3v) is 8.63. The topological polar surface area (TPSA) is 83.1 Å². The fourth-order valence-corrected chi connectivity index (χ4v) is 6.35. The molecule has 3 aromatic carbocycles. The van der Waals surface area contributed by atoms with Gasteiger partial charge in [0, 0.05) is 54.3 Å². The Balaban J connectivity index is 1.67. The maximum absolute atomic E-state index is 15.0. The molecule has 0 radical (unpaired) electrons. The predicted octanol–water partition coefficient (Wildman–Crippen LogP) is 5.70. The van der Waals surface area contributed by atoms with E-state index in [1.807, 2.05) is 92.4 Å². The zero-order valence-electron chi connectivity index (χ0n) is 25.1. The molecule has 5 rings (SSSR count). The monoisotopic (exact) mass is 624 g/mol. The third-order valence-electron chi connectivity index (χ3n) is 8.13. The van der Waals surface area contributed by atoms with E-state index in [0.29, 0.717) is 46.7 Å². The van der Waals surface area contributed by atoms with Gasteiger partial charge < -0.3 is 19.3 Å². The first-order chi connectivity index (χ1) is 20.5. The minimum atomic E-state index is -1.39. The number of carbonyl (C=O) groups excluding carboxylic acids is 2. The molecule has 228 valence electrons. The highest BCUT2D eigenvalue weighted by atomic mass is 35.5. The number of rotatable bonds is 7. The summed E-state index contributed by atoms with van der Waals surface area (Å²) in [6.45, 7) is 8.69. The van der Waals surface area contributed by atoms with Gasteiger partial charge in [-0.3, -0.25) is 20.2 Å². The van der Waals surface area contributed by atoms with Gasteiger partial charge in [-0.15, -0.1) is 0 Å². The Morgan fingerprint density at radius 3 is 1.93 bits per heavy atom. The molecule has 2 amide bonds. The second-order valence-corrected chi connectivity index (χ2v) is 12.3. The van der Waals surface area contributed by atoms with Gasteiger partial charge >= 0.3 is 0 Å². The molecule has 3 aromatic rings. The number of benzene rings is 3. The predicted molar refractivity (Wildman–Crippen MR) is 169 cm³/mol. The summed E-state index contributed by atoms with van der Waals surface area (Å²) < 4.78 is 11.9. The van der Waals surface area contributed by atoms with E-state index in [0.717, 1.165) is 11.1 Å². The average molecular weight is 626 g/mol. The van der Waals surface area contributed by atoms with Crippen LogP contribution < -0.4 is 20.1 Å². The van der Waals surface area contributed by atoms with Crippen LogP contribution in [0.3, 0.4) is 0 Å². The van der Waals surface area contributed by atoms with Crippen molar-refractivity contribution in [2.75, 3.05) is 26.7 Å². The molecule has 2 heterocycles. The second-order valence-electron chi connectivity index (χ2n) is 11.4. The third kappa shape index (κ3) is 6.34.